The normalized spacial score (nSPS) is 15.4. The molecule has 0 aliphatic carbocycles. The van der Waals surface area contributed by atoms with Crippen LogP contribution in [0.15, 0.2) is 72.4 Å². The Morgan fingerprint density at radius 2 is 1.65 bits per heavy atom. The van der Waals surface area contributed by atoms with Crippen LogP contribution in [0.25, 0.3) is 11.8 Å². The topological polar surface area (TPSA) is 80.6 Å². The van der Waals surface area contributed by atoms with E-state index in [0.29, 0.717) is 23.0 Å². The predicted octanol–water partition coefficient (Wildman–Crippen LogP) is 4.20. The van der Waals surface area contributed by atoms with E-state index in [0.717, 1.165) is 16.3 Å². The fourth-order valence-corrected chi connectivity index (χ4v) is 3.37. The number of amides is 4. The fourth-order valence-electron chi connectivity index (χ4n) is 3.25. The van der Waals surface area contributed by atoms with E-state index >= 15 is 0 Å². The van der Waals surface area contributed by atoms with E-state index in [4.69, 9.17) is 16.3 Å². The van der Waals surface area contributed by atoms with Crippen molar-refractivity contribution in [1.82, 2.24) is 9.88 Å². The maximum atomic E-state index is 13.0. The number of nitrogens with one attached hydrogen (secondary N) is 1. The number of benzene rings is 2. The Kier molecular flexibility index (Phi) is 5.60. The molecule has 8 heteroatoms. The minimum atomic E-state index is -0.809. The van der Waals surface area contributed by atoms with Gasteiger partial charge in [-0.25, -0.2) is 9.69 Å². The van der Waals surface area contributed by atoms with Crippen LogP contribution in [-0.2, 0) is 9.59 Å². The average Bonchev–Trinajstić information content (AvgIpc) is 3.21. The van der Waals surface area contributed by atoms with Crippen LogP contribution in [-0.4, -0.2) is 29.0 Å². The number of nitrogens with zero attached hydrogens (tertiary/aromatic N) is 2. The van der Waals surface area contributed by atoms with E-state index in [2.05, 4.69) is 5.32 Å². The van der Waals surface area contributed by atoms with E-state index in [-0.39, 0.29) is 5.57 Å². The third kappa shape index (κ3) is 4.08. The summed E-state index contributed by atoms with van der Waals surface area (Å²) < 4.78 is 7.29. The molecule has 0 atom stereocenters. The molecule has 4 rings (SSSR count). The Labute approximate surface area is 183 Å². The first-order valence-corrected chi connectivity index (χ1v) is 9.93. The summed E-state index contributed by atoms with van der Waals surface area (Å²) >= 11 is 5.89. The van der Waals surface area contributed by atoms with Crippen molar-refractivity contribution in [2.24, 2.45) is 0 Å². The molecule has 2 aromatic carbocycles. The largest absolute Gasteiger partial charge is 0.494 e. The molecule has 1 aliphatic rings. The first-order valence-electron chi connectivity index (χ1n) is 9.55. The number of barbiturate groups is 1. The summed E-state index contributed by atoms with van der Waals surface area (Å²) in [6.07, 6.45) is 3.28. The average molecular weight is 436 g/mol. The standard InChI is InChI=1S/C23H18ClN3O4/c1-2-31-19-11-9-16(10-12-19)26-13-3-4-18(26)14-20-21(28)25-23(30)27(22(20)29)17-7-5-15(24)6-8-17/h3-14H,2H2,1H3,(H,25,28,30)/b20-14-. The predicted molar refractivity (Wildman–Crippen MR) is 117 cm³/mol. The van der Waals surface area contributed by atoms with Gasteiger partial charge in [-0.3, -0.25) is 14.9 Å². The zero-order valence-corrected chi connectivity index (χ0v) is 17.3. The maximum Gasteiger partial charge on any atom is 0.335 e. The van der Waals surface area contributed by atoms with Crippen LogP contribution in [0.4, 0.5) is 10.5 Å². The van der Waals surface area contributed by atoms with Crippen molar-refractivity contribution < 1.29 is 19.1 Å². The molecule has 3 aromatic rings. The van der Waals surface area contributed by atoms with Crippen molar-refractivity contribution >= 4 is 41.2 Å². The Morgan fingerprint density at radius 1 is 0.968 bits per heavy atom. The Hall–Kier alpha value is -3.84. The maximum absolute atomic E-state index is 13.0. The first kappa shape index (κ1) is 20.4. The summed E-state index contributed by atoms with van der Waals surface area (Å²) in [5.41, 5.74) is 1.59. The molecule has 156 valence electrons. The molecule has 0 unspecified atom stereocenters. The van der Waals surface area contributed by atoms with E-state index in [9.17, 15) is 14.4 Å². The summed E-state index contributed by atoms with van der Waals surface area (Å²) in [6.45, 7) is 2.48. The molecule has 31 heavy (non-hydrogen) atoms. The van der Waals surface area contributed by atoms with Crippen molar-refractivity contribution in [2.45, 2.75) is 6.92 Å². The highest BCUT2D eigenvalue weighted by Gasteiger charge is 2.37. The highest BCUT2D eigenvalue weighted by molar-refractivity contribution is 6.39. The zero-order valence-electron chi connectivity index (χ0n) is 16.5. The van der Waals surface area contributed by atoms with E-state index in [1.807, 2.05) is 42.0 Å². The number of imide groups is 2. The summed E-state index contributed by atoms with van der Waals surface area (Å²) in [7, 11) is 0. The molecule has 0 spiro atoms. The molecule has 0 saturated carbocycles. The van der Waals surface area contributed by atoms with Crippen LogP contribution < -0.4 is 15.0 Å². The molecule has 1 aliphatic heterocycles. The van der Waals surface area contributed by atoms with Gasteiger partial charge in [-0.05, 0) is 73.7 Å². The Balaban J connectivity index is 1.69. The van der Waals surface area contributed by atoms with Crippen LogP contribution in [0.1, 0.15) is 12.6 Å². The second-order valence-electron chi connectivity index (χ2n) is 6.66. The third-order valence-electron chi connectivity index (χ3n) is 4.68. The number of halogens is 1. The number of carbonyl (C=O) groups excluding carboxylic acids is 3. The van der Waals surface area contributed by atoms with Gasteiger partial charge in [0.15, 0.2) is 0 Å². The van der Waals surface area contributed by atoms with Crippen molar-refractivity contribution in [1.29, 1.82) is 0 Å². The van der Waals surface area contributed by atoms with Gasteiger partial charge < -0.3 is 9.30 Å². The van der Waals surface area contributed by atoms with Crippen LogP contribution in [0.5, 0.6) is 5.75 Å². The van der Waals surface area contributed by atoms with Crippen LogP contribution in [0.2, 0.25) is 5.02 Å². The lowest BCUT2D eigenvalue weighted by atomic mass is 10.1. The lowest BCUT2D eigenvalue weighted by Crippen LogP contribution is -2.54. The van der Waals surface area contributed by atoms with E-state index in [1.54, 1.807) is 24.3 Å². The van der Waals surface area contributed by atoms with Crippen LogP contribution >= 0.6 is 11.6 Å². The molecule has 1 N–H and O–H groups in total. The molecule has 1 aromatic heterocycles. The number of urea groups is 1. The van der Waals surface area contributed by atoms with Gasteiger partial charge in [0.05, 0.1) is 12.3 Å². The van der Waals surface area contributed by atoms with Gasteiger partial charge in [0, 0.05) is 22.6 Å². The van der Waals surface area contributed by atoms with Gasteiger partial charge >= 0.3 is 6.03 Å². The highest BCUT2D eigenvalue weighted by atomic mass is 35.5. The SMILES string of the molecule is CCOc1ccc(-n2cccc2/C=C2/C(=O)NC(=O)N(c3ccc(Cl)cc3)C2=O)cc1. The molecule has 1 saturated heterocycles. The fraction of sp³-hybridized carbons (Fsp3) is 0.0870. The number of hydrogen-bond donors (Lipinski definition) is 1. The van der Waals surface area contributed by atoms with Gasteiger partial charge in [0.1, 0.15) is 11.3 Å². The van der Waals surface area contributed by atoms with Gasteiger partial charge in [0.2, 0.25) is 0 Å². The smallest absolute Gasteiger partial charge is 0.335 e. The second-order valence-corrected chi connectivity index (χ2v) is 7.10. The highest BCUT2D eigenvalue weighted by Crippen LogP contribution is 2.25. The van der Waals surface area contributed by atoms with Crippen molar-refractivity contribution in [3.63, 3.8) is 0 Å². The van der Waals surface area contributed by atoms with Crippen LogP contribution in [0.3, 0.4) is 0 Å². The van der Waals surface area contributed by atoms with Crippen molar-refractivity contribution in [2.75, 3.05) is 11.5 Å². The quantitative estimate of drug-likeness (QED) is 0.481. The number of hydrogen-bond acceptors (Lipinski definition) is 4. The zero-order chi connectivity index (χ0) is 22.0. The van der Waals surface area contributed by atoms with Crippen molar-refractivity contribution in [3.05, 3.63) is 83.2 Å². The monoisotopic (exact) mass is 435 g/mol. The van der Waals surface area contributed by atoms with Crippen LogP contribution in [0, 0.1) is 0 Å². The summed E-state index contributed by atoms with van der Waals surface area (Å²) in [4.78, 5) is 38.7. The van der Waals surface area contributed by atoms with E-state index < -0.39 is 17.8 Å². The molecular weight excluding hydrogens is 418 g/mol. The molecule has 1 fully saturated rings. The van der Waals surface area contributed by atoms with Gasteiger partial charge in [-0.1, -0.05) is 11.6 Å². The lowest BCUT2D eigenvalue weighted by molar-refractivity contribution is -0.122. The van der Waals surface area contributed by atoms with Gasteiger partial charge in [-0.15, -0.1) is 0 Å². The molecule has 2 heterocycles. The minimum Gasteiger partial charge on any atom is -0.494 e. The Bertz CT molecular complexity index is 1180. The molecule has 0 radical (unpaired) electrons. The van der Waals surface area contributed by atoms with Gasteiger partial charge in [0.25, 0.3) is 11.8 Å². The molecular formula is C23H18ClN3O4. The molecule has 7 nitrogen and oxygen atoms in total. The summed E-state index contributed by atoms with van der Waals surface area (Å²) in [5, 5.41) is 2.68. The third-order valence-corrected chi connectivity index (χ3v) is 4.94. The summed E-state index contributed by atoms with van der Waals surface area (Å²) in [6, 6.07) is 16.4. The second kappa shape index (κ2) is 8.49. The van der Waals surface area contributed by atoms with E-state index in [1.165, 1.54) is 18.2 Å². The van der Waals surface area contributed by atoms with Gasteiger partial charge in [-0.2, -0.15) is 0 Å². The number of aromatic nitrogens is 1. The molecule has 4 amide bonds. The Morgan fingerprint density at radius 3 is 2.32 bits per heavy atom. The number of ether oxygens (including phenoxy) is 1. The molecule has 0 bridgehead atoms. The lowest BCUT2D eigenvalue weighted by Gasteiger charge is -2.26. The van der Waals surface area contributed by atoms with Crippen molar-refractivity contribution in [3.8, 4) is 11.4 Å². The number of anilines is 1. The first-order chi connectivity index (χ1) is 15.0. The summed E-state index contributed by atoms with van der Waals surface area (Å²) in [5.74, 6) is -0.715. The number of carbonyl (C=O) groups is 3. The number of rotatable bonds is 5. The minimum absolute atomic E-state index is 0.152.